The normalized spacial score (nSPS) is 12.0. The van der Waals surface area contributed by atoms with Crippen LogP contribution in [-0.2, 0) is 11.2 Å². The highest BCUT2D eigenvalue weighted by atomic mass is 35.5. The minimum absolute atomic E-state index is 0.114. The molecule has 0 saturated carbocycles. The third-order valence-corrected chi connectivity index (χ3v) is 4.14. The lowest BCUT2D eigenvalue weighted by molar-refractivity contribution is -0.308. The molecule has 0 saturated heterocycles. The van der Waals surface area contributed by atoms with Gasteiger partial charge in [0.05, 0.1) is 22.6 Å². The molecule has 0 aliphatic rings. The molecule has 0 spiro atoms. The van der Waals surface area contributed by atoms with E-state index in [0.29, 0.717) is 0 Å². The number of rotatable bonds is 5. The second-order valence-electron chi connectivity index (χ2n) is 5.39. The van der Waals surface area contributed by atoms with Crippen LogP contribution in [0.4, 0.5) is 0 Å². The third kappa shape index (κ3) is 3.26. The molecule has 1 aromatic heterocycles. The molecule has 1 heterocycles. The van der Waals surface area contributed by atoms with Crippen molar-refractivity contribution in [1.82, 2.24) is 10.3 Å². The van der Waals surface area contributed by atoms with Gasteiger partial charge < -0.3 is 20.2 Å². The fourth-order valence-corrected chi connectivity index (χ4v) is 2.82. The molecule has 24 heavy (non-hydrogen) atoms. The molecule has 2 N–H and O–H groups in total. The summed E-state index contributed by atoms with van der Waals surface area (Å²) in [6, 6.07) is 12.9. The van der Waals surface area contributed by atoms with Crippen molar-refractivity contribution >= 4 is 34.4 Å². The minimum atomic E-state index is -1.35. The monoisotopic (exact) mass is 341 g/mol. The van der Waals surface area contributed by atoms with Gasteiger partial charge in [-0.3, -0.25) is 4.79 Å². The van der Waals surface area contributed by atoms with Crippen LogP contribution >= 0.6 is 11.6 Å². The molecule has 0 fully saturated rings. The summed E-state index contributed by atoms with van der Waals surface area (Å²) in [4.78, 5) is 26.8. The van der Waals surface area contributed by atoms with Gasteiger partial charge in [-0.1, -0.05) is 41.9 Å². The van der Waals surface area contributed by atoms with E-state index in [1.54, 1.807) is 24.4 Å². The molecule has 1 amide bonds. The second kappa shape index (κ2) is 6.76. The number of hydrogen-bond acceptors (Lipinski definition) is 3. The zero-order valence-electron chi connectivity index (χ0n) is 12.6. The Hall–Kier alpha value is -2.79. The summed E-state index contributed by atoms with van der Waals surface area (Å²) in [5, 5.41) is 15.1. The Bertz CT molecular complexity index is 904. The number of fused-ring (bicyclic) bond motifs is 1. The molecule has 122 valence electrons. The number of para-hydroxylation sites is 1. The smallest absolute Gasteiger partial charge is 0.253 e. The van der Waals surface area contributed by atoms with Gasteiger partial charge in [0.2, 0.25) is 0 Å². The molecular formula is C18H14ClN2O3-. The maximum absolute atomic E-state index is 12.3. The summed E-state index contributed by atoms with van der Waals surface area (Å²) in [6.45, 7) is 0. The highest BCUT2D eigenvalue weighted by Crippen LogP contribution is 2.20. The van der Waals surface area contributed by atoms with Gasteiger partial charge in [-0.15, -0.1) is 0 Å². The largest absolute Gasteiger partial charge is 0.548 e. The lowest BCUT2D eigenvalue weighted by atomic mass is 10.0. The zero-order valence-corrected chi connectivity index (χ0v) is 13.3. The van der Waals surface area contributed by atoms with E-state index in [1.165, 1.54) is 6.07 Å². The molecule has 6 heteroatoms. The van der Waals surface area contributed by atoms with Crippen molar-refractivity contribution < 1.29 is 14.7 Å². The summed E-state index contributed by atoms with van der Waals surface area (Å²) in [5.41, 5.74) is 1.92. The maximum atomic E-state index is 12.3. The molecule has 3 aromatic rings. The van der Waals surface area contributed by atoms with Crippen LogP contribution in [0.1, 0.15) is 15.9 Å². The molecule has 5 nitrogen and oxygen atoms in total. The predicted molar refractivity (Wildman–Crippen MR) is 89.7 cm³/mol. The van der Waals surface area contributed by atoms with Crippen LogP contribution in [0.25, 0.3) is 10.9 Å². The highest BCUT2D eigenvalue weighted by molar-refractivity contribution is 6.33. The molecule has 3 rings (SSSR count). The van der Waals surface area contributed by atoms with E-state index < -0.39 is 17.9 Å². The van der Waals surface area contributed by atoms with Crippen LogP contribution in [0.15, 0.2) is 54.7 Å². The summed E-state index contributed by atoms with van der Waals surface area (Å²) >= 11 is 5.97. The number of aliphatic carboxylic acids is 1. The number of carbonyl (C=O) groups excluding carboxylic acids is 2. The first-order chi connectivity index (χ1) is 11.6. The van der Waals surface area contributed by atoms with Gasteiger partial charge in [-0.2, -0.15) is 0 Å². The lowest BCUT2D eigenvalue weighted by Crippen LogP contribution is -2.49. The van der Waals surface area contributed by atoms with E-state index in [1.807, 2.05) is 24.3 Å². The fourth-order valence-electron chi connectivity index (χ4n) is 2.60. The fraction of sp³-hybridized carbons (Fsp3) is 0.111. The Labute approximate surface area is 143 Å². The number of H-pyrrole nitrogens is 1. The number of benzene rings is 2. The van der Waals surface area contributed by atoms with Gasteiger partial charge in [-0.25, -0.2) is 0 Å². The summed E-state index contributed by atoms with van der Waals surface area (Å²) in [6.07, 6.45) is 1.85. The van der Waals surface area contributed by atoms with Crippen LogP contribution in [-0.4, -0.2) is 22.9 Å². The van der Waals surface area contributed by atoms with Crippen LogP contribution in [0.2, 0.25) is 5.02 Å². The number of aromatic amines is 1. The zero-order chi connectivity index (χ0) is 17.1. The summed E-state index contributed by atoms with van der Waals surface area (Å²) in [5.74, 6) is -1.89. The third-order valence-electron chi connectivity index (χ3n) is 3.81. The molecule has 1 atom stereocenters. The Morgan fingerprint density at radius 2 is 1.83 bits per heavy atom. The van der Waals surface area contributed by atoms with Crippen molar-refractivity contribution in [2.45, 2.75) is 12.5 Å². The van der Waals surface area contributed by atoms with Crippen LogP contribution < -0.4 is 10.4 Å². The average molecular weight is 342 g/mol. The number of hydrogen-bond donors (Lipinski definition) is 2. The number of nitrogens with one attached hydrogen (secondary N) is 2. The van der Waals surface area contributed by atoms with Gasteiger partial charge in [0.1, 0.15) is 0 Å². The van der Waals surface area contributed by atoms with Crippen molar-refractivity contribution in [2.75, 3.05) is 0 Å². The Morgan fingerprint density at radius 3 is 2.58 bits per heavy atom. The molecule has 0 bridgehead atoms. The van der Waals surface area contributed by atoms with Crippen molar-refractivity contribution in [3.8, 4) is 0 Å². The maximum Gasteiger partial charge on any atom is 0.253 e. The second-order valence-corrected chi connectivity index (χ2v) is 5.80. The number of carbonyl (C=O) groups is 2. The SMILES string of the molecule is O=C(N[C@@H](Cc1c[nH]c2ccccc12)C(=O)[O-])c1ccccc1Cl. The van der Waals surface area contributed by atoms with E-state index >= 15 is 0 Å². The molecule has 0 radical (unpaired) electrons. The van der Waals surface area contributed by atoms with E-state index in [0.717, 1.165) is 16.5 Å². The van der Waals surface area contributed by atoms with E-state index in [2.05, 4.69) is 10.3 Å². The van der Waals surface area contributed by atoms with Gasteiger partial charge in [0.15, 0.2) is 0 Å². The Kier molecular flexibility index (Phi) is 4.53. The van der Waals surface area contributed by atoms with Gasteiger partial charge >= 0.3 is 0 Å². The standard InChI is InChI=1S/C18H15ClN2O3/c19-14-7-3-1-6-13(14)17(22)21-16(18(23)24)9-11-10-20-15-8-4-2-5-12(11)15/h1-8,10,16,20H,9H2,(H,21,22)(H,23,24)/p-1/t16-/m0/s1. The predicted octanol–water partition coefficient (Wildman–Crippen LogP) is 1.91. The number of aromatic nitrogens is 1. The first-order valence-electron chi connectivity index (χ1n) is 7.37. The van der Waals surface area contributed by atoms with Crippen LogP contribution in [0, 0.1) is 0 Å². The number of carboxylic acid groups (broad SMARTS) is 1. The summed E-state index contributed by atoms with van der Waals surface area (Å²) < 4.78 is 0. The number of amides is 1. The molecule has 0 aliphatic heterocycles. The quantitative estimate of drug-likeness (QED) is 0.743. The van der Waals surface area contributed by atoms with E-state index in [-0.39, 0.29) is 17.0 Å². The van der Waals surface area contributed by atoms with E-state index in [4.69, 9.17) is 11.6 Å². The molecule has 0 aliphatic carbocycles. The van der Waals surface area contributed by atoms with Crippen molar-refractivity contribution in [1.29, 1.82) is 0 Å². The average Bonchev–Trinajstić information content (AvgIpc) is 2.97. The topological polar surface area (TPSA) is 85.0 Å². The molecule has 2 aromatic carbocycles. The Morgan fingerprint density at radius 1 is 1.12 bits per heavy atom. The first kappa shape index (κ1) is 16.1. The van der Waals surface area contributed by atoms with E-state index in [9.17, 15) is 14.7 Å². The Balaban J connectivity index is 1.82. The minimum Gasteiger partial charge on any atom is -0.548 e. The van der Waals surface area contributed by atoms with Gasteiger partial charge in [-0.05, 0) is 23.8 Å². The van der Waals surface area contributed by atoms with Gasteiger partial charge in [0.25, 0.3) is 5.91 Å². The van der Waals surface area contributed by atoms with Crippen molar-refractivity contribution in [2.24, 2.45) is 0 Å². The van der Waals surface area contributed by atoms with Crippen molar-refractivity contribution in [3.63, 3.8) is 0 Å². The first-order valence-corrected chi connectivity index (χ1v) is 7.75. The lowest BCUT2D eigenvalue weighted by Gasteiger charge is -2.20. The molecule has 0 unspecified atom stereocenters. The van der Waals surface area contributed by atoms with Crippen molar-refractivity contribution in [3.05, 3.63) is 70.9 Å². The molecular weight excluding hydrogens is 328 g/mol. The number of carboxylic acids is 1. The van der Waals surface area contributed by atoms with Crippen LogP contribution in [0.5, 0.6) is 0 Å². The van der Waals surface area contributed by atoms with Crippen LogP contribution in [0.3, 0.4) is 0 Å². The van der Waals surface area contributed by atoms with Gasteiger partial charge in [0, 0.05) is 23.5 Å². The summed E-state index contributed by atoms with van der Waals surface area (Å²) in [7, 11) is 0. The number of halogens is 1. The highest BCUT2D eigenvalue weighted by Gasteiger charge is 2.18.